The highest BCUT2D eigenvalue weighted by Gasteiger charge is 2.10. The summed E-state index contributed by atoms with van der Waals surface area (Å²) in [6.45, 7) is 4.21. The molecule has 0 saturated heterocycles. The fraction of sp³-hybridized carbons (Fsp3) is 0.130. The molecule has 0 aliphatic rings. The number of rotatable bonds is 2. The van der Waals surface area contributed by atoms with Crippen molar-refractivity contribution in [1.29, 1.82) is 0 Å². The molecule has 0 spiro atoms. The van der Waals surface area contributed by atoms with Crippen molar-refractivity contribution in [1.82, 2.24) is 4.57 Å². The van der Waals surface area contributed by atoms with E-state index >= 15 is 0 Å². The van der Waals surface area contributed by atoms with Crippen LogP contribution in [0.2, 0.25) is 0 Å². The van der Waals surface area contributed by atoms with Gasteiger partial charge >= 0.3 is 0 Å². The third-order valence-electron chi connectivity index (χ3n) is 4.92. The van der Waals surface area contributed by atoms with Crippen molar-refractivity contribution in [2.45, 2.75) is 13.8 Å². The van der Waals surface area contributed by atoms with E-state index in [4.69, 9.17) is 0 Å². The molecule has 0 fully saturated rings. The predicted octanol–water partition coefficient (Wildman–Crippen LogP) is 5.26. The largest absolute Gasteiger partial charge is 0.319 e. The van der Waals surface area contributed by atoms with Crippen molar-refractivity contribution < 1.29 is 4.79 Å². The van der Waals surface area contributed by atoms with Gasteiger partial charge in [0, 0.05) is 12.6 Å². The molecule has 3 nitrogen and oxygen atoms in total. The summed E-state index contributed by atoms with van der Waals surface area (Å²) in [5.41, 5.74) is 6.43. The summed E-state index contributed by atoms with van der Waals surface area (Å²) < 4.78 is 3.16. The predicted molar refractivity (Wildman–Crippen MR) is 112 cm³/mol. The summed E-state index contributed by atoms with van der Waals surface area (Å²) in [5.74, 6) is -0.217. The maximum absolute atomic E-state index is 12.7. The lowest BCUT2D eigenvalue weighted by molar-refractivity contribution is 0.0998. The van der Waals surface area contributed by atoms with Gasteiger partial charge in [-0.3, -0.25) is 4.79 Å². The third-order valence-corrected chi connectivity index (χ3v) is 6.02. The van der Waals surface area contributed by atoms with E-state index < -0.39 is 0 Å². The second-order valence-electron chi connectivity index (χ2n) is 6.66. The Hall–Kier alpha value is -2.98. The van der Waals surface area contributed by atoms with Crippen molar-refractivity contribution in [3.8, 4) is 11.1 Å². The number of nitrogens with zero attached hydrogens (tertiary/aromatic N) is 2. The molecule has 0 bridgehead atoms. The van der Waals surface area contributed by atoms with Crippen LogP contribution < -0.4 is 4.80 Å². The number of amides is 1. The van der Waals surface area contributed by atoms with Crippen LogP contribution in [0.4, 0.5) is 0 Å². The second-order valence-corrected chi connectivity index (χ2v) is 7.67. The minimum Gasteiger partial charge on any atom is -0.319 e. The smallest absolute Gasteiger partial charge is 0.279 e. The van der Waals surface area contributed by atoms with Crippen LogP contribution in [0, 0.1) is 13.8 Å². The van der Waals surface area contributed by atoms with Gasteiger partial charge in [0.25, 0.3) is 5.91 Å². The highest BCUT2D eigenvalue weighted by atomic mass is 32.1. The average molecular weight is 372 g/mol. The number of carbonyl (C=O) groups excluding carboxylic acids is 1. The number of hydrogen-bond acceptors (Lipinski definition) is 2. The summed E-state index contributed by atoms with van der Waals surface area (Å²) in [6, 6.07) is 22.0. The standard InChI is InChI=1S/C23H20N2OS/c1-15-9-14-20-21(16(15)2)25(3)23(27-20)24-22(26)19-12-10-18(11-13-19)17-7-5-4-6-8-17/h4-14H,1-3H3. The van der Waals surface area contributed by atoms with E-state index in [9.17, 15) is 4.79 Å². The lowest BCUT2D eigenvalue weighted by Crippen LogP contribution is -2.13. The normalized spacial score (nSPS) is 11.9. The number of aryl methyl sites for hydroxylation is 3. The van der Waals surface area contributed by atoms with Crippen LogP contribution >= 0.6 is 11.3 Å². The monoisotopic (exact) mass is 372 g/mol. The van der Waals surface area contributed by atoms with Gasteiger partial charge in [0.2, 0.25) is 0 Å². The Kier molecular flexibility index (Phi) is 4.50. The van der Waals surface area contributed by atoms with Gasteiger partial charge in [-0.2, -0.15) is 4.99 Å². The van der Waals surface area contributed by atoms with E-state index in [1.165, 1.54) is 11.1 Å². The molecule has 4 aromatic rings. The lowest BCUT2D eigenvalue weighted by Gasteiger charge is -2.03. The first-order chi connectivity index (χ1) is 13.0. The topological polar surface area (TPSA) is 34.4 Å². The summed E-state index contributed by atoms with van der Waals surface area (Å²) in [6.07, 6.45) is 0. The molecular weight excluding hydrogens is 352 g/mol. The first-order valence-corrected chi connectivity index (χ1v) is 9.66. The Morgan fingerprint density at radius 3 is 2.26 bits per heavy atom. The van der Waals surface area contributed by atoms with E-state index in [0.717, 1.165) is 26.1 Å². The number of thiazole rings is 1. The minimum absolute atomic E-state index is 0.217. The zero-order valence-corrected chi connectivity index (χ0v) is 16.4. The molecule has 3 aromatic carbocycles. The van der Waals surface area contributed by atoms with Crippen molar-refractivity contribution in [2.75, 3.05) is 0 Å². The van der Waals surface area contributed by atoms with Crippen molar-refractivity contribution in [3.05, 3.63) is 88.2 Å². The molecular formula is C23H20N2OS. The molecule has 0 N–H and O–H groups in total. The molecule has 0 radical (unpaired) electrons. The Bertz CT molecular complexity index is 1200. The Morgan fingerprint density at radius 2 is 1.56 bits per heavy atom. The van der Waals surface area contributed by atoms with E-state index in [1.54, 1.807) is 11.3 Å². The molecule has 1 amide bonds. The molecule has 0 atom stereocenters. The first-order valence-electron chi connectivity index (χ1n) is 8.85. The van der Waals surface area contributed by atoms with Crippen molar-refractivity contribution >= 4 is 27.5 Å². The van der Waals surface area contributed by atoms with Crippen LogP contribution in [0.1, 0.15) is 21.5 Å². The molecule has 0 saturated carbocycles. The van der Waals surface area contributed by atoms with Gasteiger partial charge in [-0.25, -0.2) is 0 Å². The summed E-state index contributed by atoms with van der Waals surface area (Å²) >= 11 is 1.55. The zero-order valence-electron chi connectivity index (χ0n) is 15.6. The Labute approximate surface area is 162 Å². The van der Waals surface area contributed by atoms with Gasteiger partial charge < -0.3 is 4.57 Å². The number of aromatic nitrogens is 1. The average Bonchev–Trinajstić information content (AvgIpc) is 3.01. The maximum atomic E-state index is 12.7. The second kappa shape index (κ2) is 6.97. The number of fused-ring (bicyclic) bond motifs is 1. The fourth-order valence-electron chi connectivity index (χ4n) is 3.22. The van der Waals surface area contributed by atoms with E-state index in [2.05, 4.69) is 43.1 Å². The zero-order chi connectivity index (χ0) is 19.0. The molecule has 1 heterocycles. The third kappa shape index (κ3) is 3.24. The number of hydrogen-bond donors (Lipinski definition) is 0. The van der Waals surface area contributed by atoms with Crippen LogP contribution in [0.25, 0.3) is 21.3 Å². The Morgan fingerprint density at radius 1 is 0.889 bits per heavy atom. The van der Waals surface area contributed by atoms with Crippen LogP contribution in [-0.4, -0.2) is 10.5 Å². The molecule has 0 aliphatic heterocycles. The van der Waals surface area contributed by atoms with Gasteiger partial charge in [-0.1, -0.05) is 59.9 Å². The molecule has 4 heteroatoms. The quantitative estimate of drug-likeness (QED) is 0.472. The van der Waals surface area contributed by atoms with Gasteiger partial charge in [0.15, 0.2) is 4.80 Å². The highest BCUT2D eigenvalue weighted by Crippen LogP contribution is 2.23. The molecule has 27 heavy (non-hydrogen) atoms. The van der Waals surface area contributed by atoms with E-state index in [1.807, 2.05) is 54.1 Å². The SMILES string of the molecule is Cc1ccc2sc(=NC(=O)c3ccc(-c4ccccc4)cc3)n(C)c2c1C. The maximum Gasteiger partial charge on any atom is 0.279 e. The van der Waals surface area contributed by atoms with Crippen LogP contribution in [0.5, 0.6) is 0 Å². The van der Waals surface area contributed by atoms with Crippen LogP contribution in [-0.2, 0) is 7.05 Å². The minimum atomic E-state index is -0.217. The van der Waals surface area contributed by atoms with Crippen molar-refractivity contribution in [2.24, 2.45) is 12.0 Å². The van der Waals surface area contributed by atoms with Gasteiger partial charge in [0.05, 0.1) is 10.2 Å². The molecule has 0 aliphatic carbocycles. The van der Waals surface area contributed by atoms with Gasteiger partial charge in [-0.15, -0.1) is 0 Å². The molecule has 0 unspecified atom stereocenters. The van der Waals surface area contributed by atoms with Crippen LogP contribution in [0.15, 0.2) is 71.7 Å². The summed E-state index contributed by atoms with van der Waals surface area (Å²) in [5, 5.41) is 0. The van der Waals surface area contributed by atoms with Crippen LogP contribution in [0.3, 0.4) is 0 Å². The van der Waals surface area contributed by atoms with Gasteiger partial charge in [-0.05, 0) is 54.3 Å². The highest BCUT2D eigenvalue weighted by molar-refractivity contribution is 7.16. The number of carbonyl (C=O) groups is 1. The fourth-order valence-corrected chi connectivity index (χ4v) is 4.30. The summed E-state index contributed by atoms with van der Waals surface area (Å²) in [7, 11) is 1.97. The first kappa shape index (κ1) is 17.4. The molecule has 134 valence electrons. The molecule has 1 aromatic heterocycles. The van der Waals surface area contributed by atoms with Gasteiger partial charge in [0.1, 0.15) is 0 Å². The lowest BCUT2D eigenvalue weighted by atomic mass is 10.0. The van der Waals surface area contributed by atoms with Crippen molar-refractivity contribution in [3.63, 3.8) is 0 Å². The Balaban J connectivity index is 1.71. The molecule has 4 rings (SSSR count). The summed E-state index contributed by atoms with van der Waals surface area (Å²) in [4.78, 5) is 17.8. The number of benzene rings is 3. The van der Waals surface area contributed by atoms with E-state index in [-0.39, 0.29) is 5.91 Å². The van der Waals surface area contributed by atoms with E-state index in [0.29, 0.717) is 5.56 Å².